The van der Waals surface area contributed by atoms with Crippen LogP contribution in [-0.2, 0) is 11.3 Å². The van der Waals surface area contributed by atoms with E-state index < -0.39 is 0 Å². The van der Waals surface area contributed by atoms with E-state index in [1.807, 2.05) is 24.3 Å². The predicted octanol–water partition coefficient (Wildman–Crippen LogP) is 1.63. The van der Waals surface area contributed by atoms with Crippen molar-refractivity contribution in [2.75, 3.05) is 13.2 Å². The second-order valence-electron chi connectivity index (χ2n) is 4.18. The molecule has 3 rings (SSSR count). The predicted molar refractivity (Wildman–Crippen MR) is 59.4 cm³/mol. The Labute approximate surface area is 92.4 Å². The minimum atomic E-state index is -0.270. The smallest absolute Gasteiger partial charge is 0.408 e. The zero-order valence-electron chi connectivity index (χ0n) is 8.89. The third-order valence-corrected chi connectivity index (χ3v) is 3.04. The third kappa shape index (κ3) is 1.55. The van der Waals surface area contributed by atoms with Crippen LogP contribution in [0, 0.1) is 5.92 Å². The minimum absolute atomic E-state index is 0.270. The summed E-state index contributed by atoms with van der Waals surface area (Å²) in [6, 6.07) is 7.52. The maximum Gasteiger partial charge on any atom is 0.419 e. The number of ether oxygens (including phenoxy) is 1. The Bertz CT molecular complexity index is 549. The Balaban J connectivity index is 2.01. The molecule has 0 amide bonds. The van der Waals surface area contributed by atoms with Crippen LogP contribution in [0.15, 0.2) is 33.5 Å². The number of hydrogen-bond donors (Lipinski definition) is 0. The van der Waals surface area contributed by atoms with Crippen molar-refractivity contribution in [3.8, 4) is 0 Å². The van der Waals surface area contributed by atoms with Gasteiger partial charge >= 0.3 is 5.76 Å². The van der Waals surface area contributed by atoms with E-state index in [1.54, 1.807) is 4.57 Å². The van der Waals surface area contributed by atoms with Crippen molar-refractivity contribution in [3.63, 3.8) is 0 Å². The lowest BCUT2D eigenvalue weighted by atomic mass is 10.1. The molecule has 16 heavy (non-hydrogen) atoms. The first-order valence-electron chi connectivity index (χ1n) is 5.51. The molecule has 1 aliphatic heterocycles. The van der Waals surface area contributed by atoms with Crippen LogP contribution in [0.4, 0.5) is 0 Å². The molecular formula is C12H13NO3. The molecule has 0 spiro atoms. The molecule has 0 aliphatic carbocycles. The van der Waals surface area contributed by atoms with Gasteiger partial charge in [0.05, 0.1) is 12.1 Å². The summed E-state index contributed by atoms with van der Waals surface area (Å²) in [6.07, 6.45) is 1.02. The third-order valence-electron chi connectivity index (χ3n) is 3.04. The van der Waals surface area contributed by atoms with Gasteiger partial charge in [0.1, 0.15) is 0 Å². The molecule has 2 aromatic rings. The number of oxazole rings is 1. The maximum absolute atomic E-state index is 11.7. The lowest BCUT2D eigenvalue weighted by Gasteiger charge is -2.07. The summed E-state index contributed by atoms with van der Waals surface area (Å²) in [4.78, 5) is 11.7. The summed E-state index contributed by atoms with van der Waals surface area (Å²) in [6.45, 7) is 2.23. The van der Waals surface area contributed by atoms with Gasteiger partial charge in [0.2, 0.25) is 0 Å². The van der Waals surface area contributed by atoms with E-state index in [0.29, 0.717) is 18.0 Å². The van der Waals surface area contributed by atoms with Gasteiger partial charge in [-0.2, -0.15) is 0 Å². The van der Waals surface area contributed by atoms with Gasteiger partial charge in [0.25, 0.3) is 0 Å². The van der Waals surface area contributed by atoms with Crippen LogP contribution in [0.2, 0.25) is 0 Å². The van der Waals surface area contributed by atoms with Gasteiger partial charge in [-0.3, -0.25) is 4.57 Å². The standard InChI is InChI=1S/C12H13NO3/c14-12-13(7-9-5-6-15-8-9)10-3-1-2-4-11(10)16-12/h1-4,9H,5-8H2. The van der Waals surface area contributed by atoms with Crippen LogP contribution in [0.25, 0.3) is 11.1 Å². The van der Waals surface area contributed by atoms with Crippen LogP contribution < -0.4 is 5.76 Å². The molecule has 0 saturated carbocycles. The number of benzene rings is 1. The van der Waals surface area contributed by atoms with Gasteiger partial charge in [-0.15, -0.1) is 0 Å². The molecule has 1 saturated heterocycles. The SMILES string of the molecule is O=c1oc2ccccc2n1CC1CCOC1. The number of fused-ring (bicyclic) bond motifs is 1. The highest BCUT2D eigenvalue weighted by Gasteiger charge is 2.19. The number of nitrogens with zero attached hydrogens (tertiary/aromatic N) is 1. The molecule has 1 fully saturated rings. The fraction of sp³-hybridized carbons (Fsp3) is 0.417. The fourth-order valence-corrected chi connectivity index (χ4v) is 2.17. The zero-order valence-corrected chi connectivity index (χ0v) is 8.89. The number of hydrogen-bond acceptors (Lipinski definition) is 3. The average molecular weight is 219 g/mol. The monoisotopic (exact) mass is 219 g/mol. The average Bonchev–Trinajstić information content (AvgIpc) is 2.89. The molecule has 1 atom stereocenters. The molecule has 0 N–H and O–H groups in total. The van der Waals surface area contributed by atoms with Crippen molar-refractivity contribution in [2.24, 2.45) is 5.92 Å². The second-order valence-corrected chi connectivity index (χ2v) is 4.18. The van der Waals surface area contributed by atoms with Crippen molar-refractivity contribution < 1.29 is 9.15 Å². The van der Waals surface area contributed by atoms with E-state index in [-0.39, 0.29) is 5.76 Å². The van der Waals surface area contributed by atoms with Gasteiger partial charge in [0.15, 0.2) is 5.58 Å². The van der Waals surface area contributed by atoms with Crippen LogP contribution in [0.3, 0.4) is 0 Å². The Morgan fingerprint density at radius 2 is 2.25 bits per heavy atom. The molecule has 84 valence electrons. The maximum atomic E-state index is 11.7. The van der Waals surface area contributed by atoms with Gasteiger partial charge < -0.3 is 9.15 Å². The Kier molecular flexibility index (Phi) is 2.29. The van der Waals surface area contributed by atoms with Crippen molar-refractivity contribution in [2.45, 2.75) is 13.0 Å². The highest BCUT2D eigenvalue weighted by molar-refractivity contribution is 5.72. The van der Waals surface area contributed by atoms with E-state index in [2.05, 4.69) is 0 Å². The molecular weight excluding hydrogens is 206 g/mol. The van der Waals surface area contributed by atoms with Crippen molar-refractivity contribution >= 4 is 11.1 Å². The van der Waals surface area contributed by atoms with Gasteiger partial charge in [-0.1, -0.05) is 12.1 Å². The summed E-state index contributed by atoms with van der Waals surface area (Å²) in [5.41, 5.74) is 1.53. The zero-order chi connectivity index (χ0) is 11.0. The van der Waals surface area contributed by atoms with Gasteiger partial charge in [-0.25, -0.2) is 4.79 Å². The molecule has 4 heteroatoms. The van der Waals surface area contributed by atoms with Crippen molar-refractivity contribution in [1.29, 1.82) is 0 Å². The Morgan fingerprint density at radius 3 is 3.06 bits per heavy atom. The molecule has 1 aromatic heterocycles. The number of para-hydroxylation sites is 2. The van der Waals surface area contributed by atoms with Gasteiger partial charge in [-0.05, 0) is 18.6 Å². The number of rotatable bonds is 2. The number of aromatic nitrogens is 1. The first-order chi connectivity index (χ1) is 7.84. The van der Waals surface area contributed by atoms with E-state index in [4.69, 9.17) is 9.15 Å². The van der Waals surface area contributed by atoms with E-state index in [0.717, 1.165) is 25.2 Å². The molecule has 1 aromatic carbocycles. The summed E-state index contributed by atoms with van der Waals surface area (Å²) < 4.78 is 12.2. The highest BCUT2D eigenvalue weighted by Crippen LogP contribution is 2.18. The normalized spacial score (nSPS) is 20.6. The van der Waals surface area contributed by atoms with Crippen LogP contribution in [0.1, 0.15) is 6.42 Å². The van der Waals surface area contributed by atoms with Gasteiger partial charge in [0, 0.05) is 19.1 Å². The molecule has 1 aliphatic rings. The molecule has 2 heterocycles. The minimum Gasteiger partial charge on any atom is -0.408 e. The summed E-state index contributed by atoms with van der Waals surface area (Å²) >= 11 is 0. The highest BCUT2D eigenvalue weighted by atomic mass is 16.5. The van der Waals surface area contributed by atoms with Crippen LogP contribution in [0.5, 0.6) is 0 Å². The summed E-state index contributed by atoms with van der Waals surface area (Å²) in [5, 5.41) is 0. The summed E-state index contributed by atoms with van der Waals surface area (Å²) in [7, 11) is 0. The van der Waals surface area contributed by atoms with E-state index >= 15 is 0 Å². The molecule has 0 bridgehead atoms. The lowest BCUT2D eigenvalue weighted by molar-refractivity contribution is 0.182. The molecule has 1 unspecified atom stereocenters. The molecule has 0 radical (unpaired) electrons. The fourth-order valence-electron chi connectivity index (χ4n) is 2.17. The first kappa shape index (κ1) is 9.66. The Morgan fingerprint density at radius 1 is 1.38 bits per heavy atom. The first-order valence-corrected chi connectivity index (χ1v) is 5.51. The van der Waals surface area contributed by atoms with Crippen molar-refractivity contribution in [3.05, 3.63) is 34.8 Å². The van der Waals surface area contributed by atoms with Crippen LogP contribution in [-0.4, -0.2) is 17.8 Å². The Hall–Kier alpha value is -1.55. The van der Waals surface area contributed by atoms with E-state index in [1.165, 1.54) is 0 Å². The summed E-state index contributed by atoms with van der Waals surface area (Å²) in [5.74, 6) is 0.159. The quantitative estimate of drug-likeness (QED) is 0.771. The second kappa shape index (κ2) is 3.79. The van der Waals surface area contributed by atoms with Crippen LogP contribution >= 0.6 is 0 Å². The van der Waals surface area contributed by atoms with E-state index in [9.17, 15) is 4.79 Å². The largest absolute Gasteiger partial charge is 0.419 e. The lowest BCUT2D eigenvalue weighted by Crippen LogP contribution is -2.20. The topological polar surface area (TPSA) is 44.4 Å². The van der Waals surface area contributed by atoms with Crippen molar-refractivity contribution in [1.82, 2.24) is 4.57 Å². The molecule has 4 nitrogen and oxygen atoms in total.